The van der Waals surface area contributed by atoms with Crippen LogP contribution in [0, 0.1) is 0 Å². The summed E-state index contributed by atoms with van der Waals surface area (Å²) in [5, 5.41) is 11.5. The molecule has 0 amide bonds. The number of hydrogen-bond acceptors (Lipinski definition) is 5. The SMILES string of the molecule is CCNCCc1nnc(C2CCOC2CC)o1. The third-order valence-corrected chi connectivity index (χ3v) is 3.18. The number of aromatic nitrogens is 2. The van der Waals surface area contributed by atoms with E-state index in [4.69, 9.17) is 9.15 Å². The lowest BCUT2D eigenvalue weighted by Crippen LogP contribution is -2.16. The first-order valence-electron chi connectivity index (χ1n) is 6.49. The summed E-state index contributed by atoms with van der Waals surface area (Å²) in [7, 11) is 0. The topological polar surface area (TPSA) is 60.2 Å². The minimum atomic E-state index is 0.247. The maximum absolute atomic E-state index is 5.70. The molecule has 0 aromatic carbocycles. The van der Waals surface area contributed by atoms with Crippen molar-refractivity contribution in [3.05, 3.63) is 11.8 Å². The highest BCUT2D eigenvalue weighted by Gasteiger charge is 2.32. The van der Waals surface area contributed by atoms with Crippen LogP contribution in [-0.2, 0) is 11.2 Å². The van der Waals surface area contributed by atoms with E-state index in [2.05, 4.69) is 29.4 Å². The number of rotatable bonds is 6. The molecular formula is C12H21N3O2. The molecule has 0 spiro atoms. The summed E-state index contributed by atoms with van der Waals surface area (Å²) >= 11 is 0. The molecule has 5 heteroatoms. The lowest BCUT2D eigenvalue weighted by Gasteiger charge is -2.12. The minimum absolute atomic E-state index is 0.247. The van der Waals surface area contributed by atoms with Crippen molar-refractivity contribution in [3.8, 4) is 0 Å². The third kappa shape index (κ3) is 3.04. The van der Waals surface area contributed by atoms with Crippen molar-refractivity contribution in [2.24, 2.45) is 0 Å². The molecule has 17 heavy (non-hydrogen) atoms. The Bertz CT molecular complexity index is 340. The van der Waals surface area contributed by atoms with Gasteiger partial charge in [-0.15, -0.1) is 10.2 Å². The number of hydrogen-bond donors (Lipinski definition) is 1. The second-order valence-electron chi connectivity index (χ2n) is 4.35. The molecule has 0 aliphatic carbocycles. The average Bonchev–Trinajstić information content (AvgIpc) is 2.96. The molecule has 5 nitrogen and oxygen atoms in total. The van der Waals surface area contributed by atoms with Gasteiger partial charge in [-0.1, -0.05) is 13.8 Å². The lowest BCUT2D eigenvalue weighted by atomic mass is 10.00. The molecule has 1 fully saturated rings. The molecule has 2 atom stereocenters. The number of ether oxygens (including phenoxy) is 1. The van der Waals surface area contributed by atoms with Gasteiger partial charge in [0.15, 0.2) is 0 Å². The zero-order valence-corrected chi connectivity index (χ0v) is 10.6. The summed E-state index contributed by atoms with van der Waals surface area (Å²) < 4.78 is 11.3. The molecule has 2 rings (SSSR count). The van der Waals surface area contributed by atoms with E-state index in [-0.39, 0.29) is 6.10 Å². The smallest absolute Gasteiger partial charge is 0.222 e. The fourth-order valence-corrected chi connectivity index (χ4v) is 2.22. The van der Waals surface area contributed by atoms with E-state index < -0.39 is 0 Å². The van der Waals surface area contributed by atoms with E-state index in [1.807, 2.05) is 0 Å². The van der Waals surface area contributed by atoms with Crippen molar-refractivity contribution in [3.63, 3.8) is 0 Å². The van der Waals surface area contributed by atoms with Gasteiger partial charge in [-0.05, 0) is 19.4 Å². The highest BCUT2D eigenvalue weighted by atomic mass is 16.5. The molecular weight excluding hydrogens is 218 g/mol. The van der Waals surface area contributed by atoms with Crippen molar-refractivity contribution < 1.29 is 9.15 Å². The van der Waals surface area contributed by atoms with Gasteiger partial charge in [0.25, 0.3) is 0 Å². The van der Waals surface area contributed by atoms with Crippen LogP contribution in [0.3, 0.4) is 0 Å². The van der Waals surface area contributed by atoms with Gasteiger partial charge in [-0.2, -0.15) is 0 Å². The van der Waals surface area contributed by atoms with E-state index in [1.54, 1.807) is 0 Å². The quantitative estimate of drug-likeness (QED) is 0.762. The van der Waals surface area contributed by atoms with E-state index in [9.17, 15) is 0 Å². The molecule has 1 saturated heterocycles. The van der Waals surface area contributed by atoms with Crippen molar-refractivity contribution in [2.75, 3.05) is 19.7 Å². The predicted octanol–water partition coefficient (Wildman–Crippen LogP) is 1.50. The van der Waals surface area contributed by atoms with Crippen LogP contribution in [0.2, 0.25) is 0 Å². The third-order valence-electron chi connectivity index (χ3n) is 3.18. The lowest BCUT2D eigenvalue weighted by molar-refractivity contribution is 0.0963. The largest absolute Gasteiger partial charge is 0.425 e. The summed E-state index contributed by atoms with van der Waals surface area (Å²) in [5.74, 6) is 1.77. The van der Waals surface area contributed by atoms with Gasteiger partial charge in [0, 0.05) is 19.6 Å². The minimum Gasteiger partial charge on any atom is -0.425 e. The molecule has 2 heterocycles. The van der Waals surface area contributed by atoms with E-state index in [1.165, 1.54) is 0 Å². The van der Waals surface area contributed by atoms with Crippen LogP contribution < -0.4 is 5.32 Å². The van der Waals surface area contributed by atoms with Crippen LogP contribution in [0.4, 0.5) is 0 Å². The Balaban J connectivity index is 1.93. The van der Waals surface area contributed by atoms with Crippen molar-refractivity contribution >= 4 is 0 Å². The van der Waals surface area contributed by atoms with E-state index in [0.29, 0.717) is 5.92 Å². The van der Waals surface area contributed by atoms with Gasteiger partial charge in [0.05, 0.1) is 12.0 Å². The Labute approximate surface area is 102 Å². The highest BCUT2D eigenvalue weighted by Crippen LogP contribution is 2.32. The summed E-state index contributed by atoms with van der Waals surface area (Å²) in [6.45, 7) is 6.87. The second kappa shape index (κ2) is 6.12. The van der Waals surface area contributed by atoms with E-state index in [0.717, 1.165) is 50.7 Å². The van der Waals surface area contributed by atoms with Gasteiger partial charge in [-0.25, -0.2) is 0 Å². The van der Waals surface area contributed by atoms with Crippen molar-refractivity contribution in [2.45, 2.75) is 45.1 Å². The Morgan fingerprint density at radius 2 is 2.24 bits per heavy atom. The average molecular weight is 239 g/mol. The van der Waals surface area contributed by atoms with Crippen LogP contribution in [0.15, 0.2) is 4.42 Å². The maximum Gasteiger partial charge on any atom is 0.222 e. The molecule has 1 N–H and O–H groups in total. The van der Waals surface area contributed by atoms with Crippen LogP contribution in [-0.4, -0.2) is 36.0 Å². The Hall–Kier alpha value is -0.940. The molecule has 1 aromatic rings. The number of nitrogens with one attached hydrogen (secondary N) is 1. The Kier molecular flexibility index (Phi) is 4.50. The number of likely N-dealkylation sites (N-methyl/N-ethyl adjacent to an activating group) is 1. The van der Waals surface area contributed by atoms with Crippen molar-refractivity contribution in [1.82, 2.24) is 15.5 Å². The monoisotopic (exact) mass is 239 g/mol. The first kappa shape index (κ1) is 12.5. The summed E-state index contributed by atoms with van der Waals surface area (Å²) in [5.41, 5.74) is 0. The molecule has 0 radical (unpaired) electrons. The standard InChI is InChI=1S/C12H21N3O2/c1-3-10-9(6-8-16-10)12-15-14-11(17-12)5-7-13-4-2/h9-10,13H,3-8H2,1-2H3. The van der Waals surface area contributed by atoms with Crippen LogP contribution in [0.5, 0.6) is 0 Å². The van der Waals surface area contributed by atoms with Crippen LogP contribution >= 0.6 is 0 Å². The predicted molar refractivity (Wildman–Crippen MR) is 63.9 cm³/mol. The fraction of sp³-hybridized carbons (Fsp3) is 0.833. The molecule has 1 aliphatic rings. The summed E-state index contributed by atoms with van der Waals surface area (Å²) in [6.07, 6.45) is 3.04. The summed E-state index contributed by atoms with van der Waals surface area (Å²) in [4.78, 5) is 0. The Morgan fingerprint density at radius 3 is 3.00 bits per heavy atom. The first-order chi connectivity index (χ1) is 8.35. The van der Waals surface area contributed by atoms with Gasteiger partial charge in [0.2, 0.25) is 11.8 Å². The number of nitrogens with zero attached hydrogens (tertiary/aromatic N) is 2. The van der Waals surface area contributed by atoms with Crippen molar-refractivity contribution in [1.29, 1.82) is 0 Å². The second-order valence-corrected chi connectivity index (χ2v) is 4.35. The first-order valence-corrected chi connectivity index (χ1v) is 6.49. The van der Waals surface area contributed by atoms with Gasteiger partial charge < -0.3 is 14.5 Å². The molecule has 1 aromatic heterocycles. The Morgan fingerprint density at radius 1 is 1.35 bits per heavy atom. The fourth-order valence-electron chi connectivity index (χ4n) is 2.22. The van der Waals surface area contributed by atoms with Gasteiger partial charge in [0.1, 0.15) is 0 Å². The molecule has 2 unspecified atom stereocenters. The highest BCUT2D eigenvalue weighted by molar-refractivity contribution is 4.98. The van der Waals surface area contributed by atoms with Gasteiger partial charge in [-0.3, -0.25) is 0 Å². The van der Waals surface area contributed by atoms with Gasteiger partial charge >= 0.3 is 0 Å². The maximum atomic E-state index is 5.70. The molecule has 0 saturated carbocycles. The molecule has 1 aliphatic heterocycles. The van der Waals surface area contributed by atoms with Crippen LogP contribution in [0.1, 0.15) is 44.4 Å². The molecule has 0 bridgehead atoms. The zero-order chi connectivity index (χ0) is 12.1. The summed E-state index contributed by atoms with van der Waals surface area (Å²) in [6, 6.07) is 0. The van der Waals surface area contributed by atoms with E-state index >= 15 is 0 Å². The molecule has 96 valence electrons. The van der Waals surface area contributed by atoms with Crippen LogP contribution in [0.25, 0.3) is 0 Å². The normalized spacial score (nSPS) is 24.4. The zero-order valence-electron chi connectivity index (χ0n) is 10.6.